The van der Waals surface area contributed by atoms with Crippen LogP contribution in [-0.4, -0.2) is 44.7 Å². The first-order valence-electron chi connectivity index (χ1n) is 4.92. The van der Waals surface area contributed by atoms with E-state index in [4.69, 9.17) is 9.15 Å². The molecule has 1 aromatic rings. The van der Waals surface area contributed by atoms with Crippen LogP contribution < -0.4 is 0 Å². The molecule has 1 aromatic heterocycles. The monoisotopic (exact) mass is 212 g/mol. The number of carbonyl (C=O) groups excluding carboxylic acids is 1. The number of nitrogens with zero attached hydrogens (tertiary/aromatic N) is 1. The summed E-state index contributed by atoms with van der Waals surface area (Å²) in [5, 5.41) is 0. The third kappa shape index (κ3) is 4.16. The maximum atomic E-state index is 11.4. The first-order chi connectivity index (χ1) is 6.88. The van der Waals surface area contributed by atoms with Crippen molar-refractivity contribution >= 4 is 5.97 Å². The van der Waals surface area contributed by atoms with Crippen LogP contribution in [0.25, 0.3) is 0 Å². The number of quaternary nitrogens is 1. The summed E-state index contributed by atoms with van der Waals surface area (Å²) in [6.45, 7) is 2.98. The van der Waals surface area contributed by atoms with Crippen LogP contribution in [0.3, 0.4) is 0 Å². The van der Waals surface area contributed by atoms with Crippen LogP contribution in [0.5, 0.6) is 0 Å². The molecule has 0 N–H and O–H groups in total. The highest BCUT2D eigenvalue weighted by Gasteiger charge is 2.13. The quantitative estimate of drug-likeness (QED) is 0.560. The van der Waals surface area contributed by atoms with E-state index < -0.39 is 5.97 Å². The molecule has 0 bridgehead atoms. The van der Waals surface area contributed by atoms with Gasteiger partial charge >= 0.3 is 5.97 Å². The Hall–Kier alpha value is -1.29. The summed E-state index contributed by atoms with van der Waals surface area (Å²) >= 11 is 0. The number of aryl methyl sites for hydroxylation is 1. The van der Waals surface area contributed by atoms with Gasteiger partial charge in [-0.1, -0.05) is 0 Å². The molecule has 0 atom stereocenters. The zero-order valence-corrected chi connectivity index (χ0v) is 9.74. The summed E-state index contributed by atoms with van der Waals surface area (Å²) in [6, 6.07) is 3.38. The Labute approximate surface area is 90.0 Å². The van der Waals surface area contributed by atoms with Crippen LogP contribution in [0, 0.1) is 6.92 Å². The molecule has 0 saturated heterocycles. The molecule has 0 aliphatic carbocycles. The fourth-order valence-corrected chi connectivity index (χ4v) is 1.03. The molecule has 4 heteroatoms. The van der Waals surface area contributed by atoms with E-state index in [1.807, 2.05) is 21.1 Å². The highest BCUT2D eigenvalue weighted by atomic mass is 16.5. The molecule has 0 fully saturated rings. The van der Waals surface area contributed by atoms with Gasteiger partial charge in [0.1, 0.15) is 18.9 Å². The van der Waals surface area contributed by atoms with Gasteiger partial charge in [-0.2, -0.15) is 0 Å². The maximum Gasteiger partial charge on any atom is 0.374 e. The summed E-state index contributed by atoms with van der Waals surface area (Å²) < 4.78 is 11.0. The van der Waals surface area contributed by atoms with E-state index >= 15 is 0 Å². The minimum Gasteiger partial charge on any atom is -0.454 e. The van der Waals surface area contributed by atoms with Crippen molar-refractivity contribution in [3.8, 4) is 0 Å². The molecule has 0 spiro atoms. The molecular formula is C11H18NO3+. The van der Waals surface area contributed by atoms with E-state index in [-0.39, 0.29) is 5.76 Å². The van der Waals surface area contributed by atoms with Crippen molar-refractivity contribution in [1.29, 1.82) is 0 Å². The number of hydrogen-bond acceptors (Lipinski definition) is 3. The lowest BCUT2D eigenvalue weighted by atomic mass is 10.4. The summed E-state index contributed by atoms with van der Waals surface area (Å²) in [5.41, 5.74) is 0. The fourth-order valence-electron chi connectivity index (χ4n) is 1.03. The van der Waals surface area contributed by atoms with Gasteiger partial charge in [0.2, 0.25) is 5.76 Å². The van der Waals surface area contributed by atoms with Crippen molar-refractivity contribution in [1.82, 2.24) is 0 Å². The molecule has 0 saturated carbocycles. The SMILES string of the molecule is Cc1ccc(C(=O)OCC[N+](C)(C)C)o1. The van der Waals surface area contributed by atoms with Gasteiger partial charge in [0.05, 0.1) is 21.1 Å². The average molecular weight is 212 g/mol. The molecule has 15 heavy (non-hydrogen) atoms. The van der Waals surface area contributed by atoms with Crippen molar-refractivity contribution in [2.75, 3.05) is 34.3 Å². The standard InChI is InChI=1S/C11H18NO3/c1-9-5-6-10(15-9)11(13)14-8-7-12(2,3)4/h5-6H,7-8H2,1-4H3/q+1. The zero-order chi connectivity index (χ0) is 11.5. The summed E-state index contributed by atoms with van der Waals surface area (Å²) in [6.07, 6.45) is 0. The number of furan rings is 1. The van der Waals surface area contributed by atoms with Crippen LogP contribution in [0.1, 0.15) is 16.3 Å². The molecule has 0 unspecified atom stereocenters. The first kappa shape index (κ1) is 11.8. The molecule has 0 aliphatic heterocycles. The molecular weight excluding hydrogens is 194 g/mol. The zero-order valence-electron chi connectivity index (χ0n) is 9.74. The predicted octanol–water partition coefficient (Wildman–Crippen LogP) is 1.45. The smallest absolute Gasteiger partial charge is 0.374 e. The number of esters is 1. The first-order valence-corrected chi connectivity index (χ1v) is 4.92. The number of rotatable bonds is 4. The Kier molecular flexibility index (Phi) is 3.52. The molecule has 0 amide bonds. The third-order valence-electron chi connectivity index (χ3n) is 1.94. The lowest BCUT2D eigenvalue weighted by molar-refractivity contribution is -0.870. The second-order valence-electron chi connectivity index (χ2n) is 4.56. The van der Waals surface area contributed by atoms with Crippen LogP contribution in [0.4, 0.5) is 0 Å². The molecule has 4 nitrogen and oxygen atoms in total. The Morgan fingerprint density at radius 1 is 1.40 bits per heavy atom. The second kappa shape index (κ2) is 4.49. The molecule has 0 aromatic carbocycles. The van der Waals surface area contributed by atoms with Crippen LogP contribution >= 0.6 is 0 Å². The normalized spacial score (nSPS) is 11.5. The Morgan fingerprint density at radius 3 is 2.53 bits per heavy atom. The minimum atomic E-state index is -0.392. The summed E-state index contributed by atoms with van der Waals surface area (Å²) in [7, 11) is 6.14. The summed E-state index contributed by atoms with van der Waals surface area (Å²) in [5.74, 6) is 0.596. The Bertz CT molecular complexity index is 336. The van der Waals surface area contributed by atoms with Gasteiger partial charge in [-0.25, -0.2) is 4.79 Å². The molecule has 0 radical (unpaired) electrons. The highest BCUT2D eigenvalue weighted by Crippen LogP contribution is 2.07. The van der Waals surface area contributed by atoms with Crippen LogP contribution in [0.2, 0.25) is 0 Å². The van der Waals surface area contributed by atoms with E-state index in [2.05, 4.69) is 0 Å². The lowest BCUT2D eigenvalue weighted by Gasteiger charge is -2.23. The molecule has 1 rings (SSSR count). The average Bonchev–Trinajstić information content (AvgIpc) is 2.49. The number of ether oxygens (including phenoxy) is 1. The van der Waals surface area contributed by atoms with Gasteiger partial charge in [0.15, 0.2) is 0 Å². The largest absolute Gasteiger partial charge is 0.454 e. The minimum absolute atomic E-state index is 0.272. The second-order valence-corrected chi connectivity index (χ2v) is 4.56. The Morgan fingerprint density at radius 2 is 2.07 bits per heavy atom. The van der Waals surface area contributed by atoms with Crippen molar-refractivity contribution < 1.29 is 18.4 Å². The van der Waals surface area contributed by atoms with Gasteiger partial charge in [0, 0.05) is 0 Å². The fraction of sp³-hybridized carbons (Fsp3) is 0.545. The van der Waals surface area contributed by atoms with Gasteiger partial charge in [0.25, 0.3) is 0 Å². The molecule has 1 heterocycles. The van der Waals surface area contributed by atoms with Crippen molar-refractivity contribution in [2.45, 2.75) is 6.92 Å². The van der Waals surface area contributed by atoms with E-state index in [1.54, 1.807) is 19.1 Å². The van der Waals surface area contributed by atoms with Gasteiger partial charge in [-0.05, 0) is 19.1 Å². The van der Waals surface area contributed by atoms with E-state index in [0.717, 1.165) is 11.0 Å². The number of likely N-dealkylation sites (N-methyl/N-ethyl adjacent to an activating group) is 1. The van der Waals surface area contributed by atoms with E-state index in [9.17, 15) is 4.79 Å². The van der Waals surface area contributed by atoms with Crippen LogP contribution in [-0.2, 0) is 4.74 Å². The lowest BCUT2D eigenvalue weighted by Crippen LogP contribution is -2.37. The van der Waals surface area contributed by atoms with Gasteiger partial charge in [-0.3, -0.25) is 0 Å². The van der Waals surface area contributed by atoms with Crippen LogP contribution in [0.15, 0.2) is 16.5 Å². The third-order valence-corrected chi connectivity index (χ3v) is 1.94. The van der Waals surface area contributed by atoms with Crippen molar-refractivity contribution in [3.05, 3.63) is 23.7 Å². The Balaban J connectivity index is 2.37. The van der Waals surface area contributed by atoms with E-state index in [0.29, 0.717) is 12.4 Å². The summed E-state index contributed by atoms with van der Waals surface area (Å²) in [4.78, 5) is 11.4. The highest BCUT2D eigenvalue weighted by molar-refractivity contribution is 5.86. The predicted molar refractivity (Wildman–Crippen MR) is 56.6 cm³/mol. The molecule has 0 aliphatic rings. The topological polar surface area (TPSA) is 39.4 Å². The van der Waals surface area contributed by atoms with Gasteiger partial charge < -0.3 is 13.6 Å². The van der Waals surface area contributed by atoms with Crippen molar-refractivity contribution in [2.24, 2.45) is 0 Å². The van der Waals surface area contributed by atoms with E-state index in [1.165, 1.54) is 0 Å². The van der Waals surface area contributed by atoms with Crippen molar-refractivity contribution in [3.63, 3.8) is 0 Å². The number of hydrogen-bond donors (Lipinski definition) is 0. The molecule has 84 valence electrons. The number of carbonyl (C=O) groups is 1. The van der Waals surface area contributed by atoms with Gasteiger partial charge in [-0.15, -0.1) is 0 Å². The maximum absolute atomic E-state index is 11.4.